The summed E-state index contributed by atoms with van der Waals surface area (Å²) in [7, 11) is 2.45. The summed E-state index contributed by atoms with van der Waals surface area (Å²) in [5.74, 6) is 0. The maximum Gasteiger partial charge on any atom is 0.135 e. The molecule has 0 amide bonds. The number of unbranched alkanes of at least 4 members (excludes halogenated alkanes) is 11. The minimum atomic E-state index is 0. The quantitative estimate of drug-likeness (QED) is 0.229. The molecule has 0 N–H and O–H groups in total. The van der Waals surface area contributed by atoms with Crippen LogP contribution in [-0.2, 0) is 6.42 Å². The Kier molecular flexibility index (Phi) is 12.9. The van der Waals surface area contributed by atoms with E-state index in [1.54, 1.807) is 11.3 Å². The van der Waals surface area contributed by atoms with Crippen LogP contribution >= 0.6 is 0 Å². The Labute approximate surface area is 180 Å². The highest BCUT2D eigenvalue weighted by Crippen LogP contribution is 2.32. The molecule has 1 aliphatic rings. The largest absolute Gasteiger partial charge is 1.00 e. The number of nitrogens with zero attached hydrogens (tertiary/aromatic N) is 1. The summed E-state index contributed by atoms with van der Waals surface area (Å²) in [5.41, 5.74) is 3.19. The van der Waals surface area contributed by atoms with Crippen LogP contribution in [0.5, 0.6) is 0 Å². The molecule has 0 aliphatic carbocycles. The van der Waals surface area contributed by atoms with E-state index in [1.165, 1.54) is 107 Å². The van der Waals surface area contributed by atoms with Gasteiger partial charge in [-0.2, -0.15) is 0 Å². The van der Waals surface area contributed by atoms with Crippen molar-refractivity contribution in [1.29, 1.82) is 0 Å². The average Bonchev–Trinajstić information content (AvgIpc) is 2.63. The first-order valence-corrected chi connectivity index (χ1v) is 11.2. The summed E-state index contributed by atoms with van der Waals surface area (Å²) >= 11 is 0. The Hall–Kier alpha value is -0.0900. The topological polar surface area (TPSA) is 0 Å². The smallest absolute Gasteiger partial charge is 0.135 e. The molecular weight excluding hydrogens is 429 g/mol. The Bertz CT molecular complexity index is 473. The predicted molar refractivity (Wildman–Crippen MR) is 113 cm³/mol. The van der Waals surface area contributed by atoms with Crippen LogP contribution < -0.4 is 28.5 Å². The summed E-state index contributed by atoms with van der Waals surface area (Å²) in [5, 5.41) is 0. The molecule has 150 valence electrons. The molecule has 2 rings (SSSR count). The lowest BCUT2D eigenvalue weighted by molar-refractivity contribution is -0.00000548. The van der Waals surface area contributed by atoms with Crippen LogP contribution in [0.2, 0.25) is 0 Å². The Morgan fingerprint density at radius 3 is 1.92 bits per heavy atom. The highest BCUT2D eigenvalue weighted by atomic mass is 127. The Balaban J connectivity index is 0.00000338. The van der Waals surface area contributed by atoms with Crippen LogP contribution in [-0.4, -0.2) is 20.1 Å². The van der Waals surface area contributed by atoms with Crippen molar-refractivity contribution in [3.63, 3.8) is 0 Å². The number of rotatable bonds is 13. The zero-order chi connectivity index (χ0) is 17.8. The summed E-state index contributed by atoms with van der Waals surface area (Å²) in [6.45, 7) is 4.95. The van der Waals surface area contributed by atoms with E-state index in [0.717, 1.165) is 0 Å². The van der Waals surface area contributed by atoms with Crippen LogP contribution in [0.15, 0.2) is 24.3 Å². The molecule has 1 aromatic carbocycles. The van der Waals surface area contributed by atoms with Crippen LogP contribution in [0.3, 0.4) is 0 Å². The second kappa shape index (κ2) is 14.0. The minimum Gasteiger partial charge on any atom is -1.00 e. The van der Waals surface area contributed by atoms with Crippen LogP contribution in [0, 0.1) is 0 Å². The van der Waals surface area contributed by atoms with Gasteiger partial charge in [-0.3, -0.25) is 4.48 Å². The summed E-state index contributed by atoms with van der Waals surface area (Å²) in [6, 6.07) is 9.14. The van der Waals surface area contributed by atoms with Crippen molar-refractivity contribution in [1.82, 2.24) is 4.48 Å². The van der Waals surface area contributed by atoms with Crippen molar-refractivity contribution in [2.45, 2.75) is 96.8 Å². The number of quaternary nitrogens is 1. The van der Waals surface area contributed by atoms with Gasteiger partial charge in [-0.25, -0.2) is 0 Å². The number of fused-ring (bicyclic) bond motifs is 1. The number of benzene rings is 1. The van der Waals surface area contributed by atoms with Gasteiger partial charge < -0.3 is 24.0 Å². The first-order valence-electron chi connectivity index (χ1n) is 11.2. The van der Waals surface area contributed by atoms with E-state index in [0.29, 0.717) is 0 Å². The minimum absolute atomic E-state index is 0. The van der Waals surface area contributed by atoms with Gasteiger partial charge >= 0.3 is 0 Å². The van der Waals surface area contributed by atoms with Gasteiger partial charge in [0.1, 0.15) is 5.69 Å². The second-order valence-electron chi connectivity index (χ2n) is 8.46. The fourth-order valence-corrected chi connectivity index (χ4v) is 4.52. The van der Waals surface area contributed by atoms with Gasteiger partial charge in [0.2, 0.25) is 0 Å². The Morgan fingerprint density at radius 1 is 0.769 bits per heavy atom. The van der Waals surface area contributed by atoms with Gasteiger partial charge in [0.05, 0.1) is 20.1 Å². The first-order chi connectivity index (χ1) is 12.3. The van der Waals surface area contributed by atoms with Gasteiger partial charge in [0.25, 0.3) is 0 Å². The van der Waals surface area contributed by atoms with Crippen molar-refractivity contribution in [3.05, 3.63) is 29.8 Å². The number of aryl methyl sites for hydroxylation is 1. The molecule has 1 unspecified atom stereocenters. The van der Waals surface area contributed by atoms with Crippen molar-refractivity contribution in [2.75, 3.05) is 20.1 Å². The number of hydrogen-bond donors (Lipinski definition) is 0. The monoisotopic (exact) mass is 471 g/mol. The third-order valence-electron chi connectivity index (χ3n) is 6.18. The molecule has 1 heterocycles. The third kappa shape index (κ3) is 8.29. The highest BCUT2D eigenvalue weighted by Gasteiger charge is 2.30. The fraction of sp³-hybridized carbons (Fsp3) is 0.750. The van der Waals surface area contributed by atoms with Crippen molar-refractivity contribution >= 4 is 5.69 Å². The van der Waals surface area contributed by atoms with Crippen LogP contribution in [0.1, 0.15) is 96.0 Å². The molecule has 1 atom stereocenters. The summed E-state index contributed by atoms with van der Waals surface area (Å²) < 4.78 is 1.17. The molecule has 0 spiro atoms. The molecule has 0 radical (unpaired) electrons. The Morgan fingerprint density at radius 2 is 1.31 bits per heavy atom. The lowest BCUT2D eigenvalue weighted by Crippen LogP contribution is -3.00. The maximum atomic E-state index is 2.45. The van der Waals surface area contributed by atoms with Gasteiger partial charge in [-0.15, -0.1) is 0 Å². The van der Waals surface area contributed by atoms with Gasteiger partial charge in [-0.05, 0) is 25.3 Å². The van der Waals surface area contributed by atoms with E-state index in [2.05, 4.69) is 38.2 Å². The lowest BCUT2D eigenvalue weighted by Gasteiger charge is -2.38. The van der Waals surface area contributed by atoms with Gasteiger partial charge in [0, 0.05) is 12.0 Å². The second-order valence-corrected chi connectivity index (χ2v) is 8.46. The van der Waals surface area contributed by atoms with Crippen molar-refractivity contribution in [3.8, 4) is 0 Å². The summed E-state index contributed by atoms with van der Waals surface area (Å²) in [6.07, 6.45) is 19.9. The van der Waals surface area contributed by atoms with E-state index in [-0.39, 0.29) is 24.0 Å². The van der Waals surface area contributed by atoms with Crippen molar-refractivity contribution < 1.29 is 24.0 Å². The molecule has 1 aliphatic heterocycles. The van der Waals surface area contributed by atoms with E-state index >= 15 is 0 Å². The van der Waals surface area contributed by atoms with Crippen LogP contribution in [0.4, 0.5) is 5.69 Å². The SMILES string of the molecule is CCCCCCCCCCCCCC[N+]1(C)CCCc2ccccc21.[I-]. The molecule has 0 saturated heterocycles. The average molecular weight is 472 g/mol. The number of para-hydroxylation sites is 1. The summed E-state index contributed by atoms with van der Waals surface area (Å²) in [4.78, 5) is 0. The van der Waals surface area contributed by atoms with Crippen molar-refractivity contribution in [2.24, 2.45) is 0 Å². The zero-order valence-corrected chi connectivity index (χ0v) is 19.6. The van der Waals surface area contributed by atoms with Gasteiger partial charge in [0.15, 0.2) is 0 Å². The molecule has 0 fully saturated rings. The molecule has 2 heteroatoms. The van der Waals surface area contributed by atoms with E-state index in [1.807, 2.05) is 0 Å². The standard InChI is InChI=1S/C24H42N.HI/c1-3-4-5-6-7-8-9-10-11-12-13-16-21-25(2)22-17-19-23-18-14-15-20-24(23)25;/h14-15,18,20H,3-13,16-17,19,21-22H2,1-2H3;1H/q+1;/p-1. The molecule has 1 nitrogen and oxygen atoms in total. The fourth-order valence-electron chi connectivity index (χ4n) is 4.52. The number of hydrogen-bond acceptors (Lipinski definition) is 0. The molecular formula is C24H42IN. The van der Waals surface area contributed by atoms with E-state index in [4.69, 9.17) is 0 Å². The number of halogens is 1. The predicted octanol–water partition coefficient (Wildman–Crippen LogP) is 4.28. The van der Waals surface area contributed by atoms with E-state index in [9.17, 15) is 0 Å². The third-order valence-corrected chi connectivity index (χ3v) is 6.18. The van der Waals surface area contributed by atoms with Crippen LogP contribution in [0.25, 0.3) is 0 Å². The normalized spacial score (nSPS) is 19.0. The zero-order valence-electron chi connectivity index (χ0n) is 17.4. The van der Waals surface area contributed by atoms with Gasteiger partial charge in [-0.1, -0.05) is 89.3 Å². The highest BCUT2D eigenvalue weighted by molar-refractivity contribution is 5.51. The lowest BCUT2D eigenvalue weighted by atomic mass is 9.98. The molecule has 0 saturated carbocycles. The molecule has 0 aromatic heterocycles. The molecule has 0 bridgehead atoms. The first kappa shape index (κ1) is 23.9. The maximum absolute atomic E-state index is 2.45. The molecule has 1 aromatic rings. The molecule has 26 heavy (non-hydrogen) atoms. The van der Waals surface area contributed by atoms with E-state index < -0.39 is 0 Å².